The zero-order valence-electron chi connectivity index (χ0n) is 8.69. The molecule has 0 aliphatic carbocycles. The van der Waals surface area contributed by atoms with Gasteiger partial charge in [-0.05, 0) is 19.3 Å². The molecule has 0 aliphatic rings. The Balaban J connectivity index is 3.86. The molecule has 1 radical (unpaired) electrons. The summed E-state index contributed by atoms with van der Waals surface area (Å²) in [5, 5.41) is 0. The van der Waals surface area contributed by atoms with Crippen molar-refractivity contribution in [2.75, 3.05) is 0 Å². The number of hydrogen-bond donors (Lipinski definition) is 0. The Morgan fingerprint density at radius 3 is 2.33 bits per heavy atom. The van der Waals surface area contributed by atoms with Gasteiger partial charge < -0.3 is 0 Å². The first-order valence-corrected chi connectivity index (χ1v) is 5.04. The summed E-state index contributed by atoms with van der Waals surface area (Å²) in [6.45, 7) is 10.5. The van der Waals surface area contributed by atoms with Crippen molar-refractivity contribution in [1.82, 2.24) is 0 Å². The number of hydrogen-bond acceptors (Lipinski definition) is 0. The molecular formula is C12H21. The molecule has 0 heteroatoms. The molecular weight excluding hydrogens is 144 g/mol. The van der Waals surface area contributed by atoms with Crippen molar-refractivity contribution in [3.05, 3.63) is 6.92 Å². The first-order chi connectivity index (χ1) is 5.74. The molecule has 0 N–H and O–H groups in total. The molecule has 69 valence electrons. The Morgan fingerprint density at radius 2 is 1.92 bits per heavy atom. The molecule has 0 saturated heterocycles. The lowest BCUT2D eigenvalue weighted by molar-refractivity contribution is 0.602. The fourth-order valence-corrected chi connectivity index (χ4v) is 0.999. The highest BCUT2D eigenvalue weighted by molar-refractivity contribution is 5.06. The minimum absolute atomic E-state index is 0.531. The minimum Gasteiger partial charge on any atom is -0.0999 e. The van der Waals surface area contributed by atoms with Gasteiger partial charge in [-0.1, -0.05) is 46.0 Å². The van der Waals surface area contributed by atoms with E-state index in [1.165, 1.54) is 12.8 Å². The van der Waals surface area contributed by atoms with Gasteiger partial charge in [-0.3, -0.25) is 0 Å². The van der Waals surface area contributed by atoms with Crippen LogP contribution in [0.2, 0.25) is 0 Å². The lowest BCUT2D eigenvalue weighted by Gasteiger charge is -2.04. The molecule has 0 aromatic heterocycles. The van der Waals surface area contributed by atoms with Gasteiger partial charge in [-0.15, -0.1) is 0 Å². The van der Waals surface area contributed by atoms with Crippen LogP contribution in [0.5, 0.6) is 0 Å². The third-order valence-corrected chi connectivity index (χ3v) is 2.13. The van der Waals surface area contributed by atoms with Crippen molar-refractivity contribution in [2.45, 2.75) is 46.5 Å². The Morgan fingerprint density at radius 1 is 1.25 bits per heavy atom. The maximum Gasteiger partial charge on any atom is 0.0202 e. The van der Waals surface area contributed by atoms with Crippen molar-refractivity contribution in [3.8, 4) is 11.8 Å². The summed E-state index contributed by atoms with van der Waals surface area (Å²) in [6, 6.07) is 0. The second-order valence-electron chi connectivity index (χ2n) is 3.37. The zero-order valence-corrected chi connectivity index (χ0v) is 8.69. The molecule has 0 aromatic carbocycles. The summed E-state index contributed by atoms with van der Waals surface area (Å²) in [4.78, 5) is 0. The lowest BCUT2D eigenvalue weighted by atomic mass is 10.00. The summed E-state index contributed by atoms with van der Waals surface area (Å²) < 4.78 is 0. The standard InChI is InChI=1S/C12H21/c1-5-8-12(7-3)10-9-11(4)6-2/h11-12H,3,5-8H2,1-2,4H3. The SMILES string of the molecule is [CH2]CC(C#CC(C)CC)CCC. The summed E-state index contributed by atoms with van der Waals surface area (Å²) in [5.41, 5.74) is 0. The molecule has 0 spiro atoms. The molecule has 2 unspecified atom stereocenters. The van der Waals surface area contributed by atoms with Gasteiger partial charge in [-0.25, -0.2) is 0 Å². The normalized spacial score (nSPS) is 14.7. The summed E-state index contributed by atoms with van der Waals surface area (Å²) in [6.07, 6.45) is 4.53. The maximum atomic E-state index is 3.91. The maximum absolute atomic E-state index is 3.91. The predicted molar refractivity (Wildman–Crippen MR) is 55.6 cm³/mol. The fraction of sp³-hybridized carbons (Fsp3) is 0.750. The van der Waals surface area contributed by atoms with Crippen molar-refractivity contribution in [1.29, 1.82) is 0 Å². The topological polar surface area (TPSA) is 0 Å². The van der Waals surface area contributed by atoms with Crippen LogP contribution < -0.4 is 0 Å². The van der Waals surface area contributed by atoms with Crippen LogP contribution >= 0.6 is 0 Å². The van der Waals surface area contributed by atoms with E-state index in [-0.39, 0.29) is 0 Å². The summed E-state index contributed by atoms with van der Waals surface area (Å²) >= 11 is 0. The molecule has 0 heterocycles. The summed E-state index contributed by atoms with van der Waals surface area (Å²) in [7, 11) is 0. The summed E-state index contributed by atoms with van der Waals surface area (Å²) in [5.74, 6) is 7.67. The molecule has 0 aliphatic heterocycles. The van der Waals surface area contributed by atoms with Gasteiger partial charge in [0.1, 0.15) is 0 Å². The van der Waals surface area contributed by atoms with Crippen LogP contribution in [0.4, 0.5) is 0 Å². The Bertz CT molecular complexity index is 147. The lowest BCUT2D eigenvalue weighted by Crippen LogP contribution is -1.95. The molecule has 0 fully saturated rings. The van der Waals surface area contributed by atoms with E-state index in [1.807, 2.05) is 0 Å². The number of rotatable bonds is 4. The quantitative estimate of drug-likeness (QED) is 0.557. The van der Waals surface area contributed by atoms with Crippen LogP contribution in [0.15, 0.2) is 0 Å². The van der Waals surface area contributed by atoms with E-state index in [9.17, 15) is 0 Å². The van der Waals surface area contributed by atoms with Crippen molar-refractivity contribution < 1.29 is 0 Å². The van der Waals surface area contributed by atoms with Crippen LogP contribution in [0, 0.1) is 30.6 Å². The molecule has 0 amide bonds. The largest absolute Gasteiger partial charge is 0.0999 e. The average Bonchev–Trinajstić information content (AvgIpc) is 2.11. The van der Waals surface area contributed by atoms with E-state index in [2.05, 4.69) is 39.5 Å². The van der Waals surface area contributed by atoms with Crippen LogP contribution in [0.1, 0.15) is 46.5 Å². The molecule has 0 bridgehead atoms. The monoisotopic (exact) mass is 165 g/mol. The van der Waals surface area contributed by atoms with Crippen LogP contribution in [-0.2, 0) is 0 Å². The van der Waals surface area contributed by atoms with Gasteiger partial charge in [0.15, 0.2) is 0 Å². The minimum atomic E-state index is 0.531. The van der Waals surface area contributed by atoms with Gasteiger partial charge >= 0.3 is 0 Å². The smallest absolute Gasteiger partial charge is 0.0202 e. The van der Waals surface area contributed by atoms with Crippen molar-refractivity contribution >= 4 is 0 Å². The molecule has 0 saturated carbocycles. The van der Waals surface area contributed by atoms with Gasteiger partial charge in [0.05, 0.1) is 0 Å². The van der Waals surface area contributed by atoms with Crippen molar-refractivity contribution in [2.24, 2.45) is 11.8 Å². The third kappa shape index (κ3) is 5.24. The molecule has 12 heavy (non-hydrogen) atoms. The Labute approximate surface area is 77.8 Å². The zero-order chi connectivity index (χ0) is 9.40. The highest BCUT2D eigenvalue weighted by Crippen LogP contribution is 2.09. The average molecular weight is 165 g/mol. The van der Waals surface area contributed by atoms with E-state index >= 15 is 0 Å². The van der Waals surface area contributed by atoms with E-state index in [4.69, 9.17) is 0 Å². The molecule has 0 rings (SSSR count). The van der Waals surface area contributed by atoms with Gasteiger partial charge in [-0.2, -0.15) is 0 Å². The first-order valence-electron chi connectivity index (χ1n) is 5.04. The van der Waals surface area contributed by atoms with Gasteiger partial charge in [0.2, 0.25) is 0 Å². The van der Waals surface area contributed by atoms with Crippen molar-refractivity contribution in [3.63, 3.8) is 0 Å². The van der Waals surface area contributed by atoms with Gasteiger partial charge in [0, 0.05) is 11.8 Å². The third-order valence-electron chi connectivity index (χ3n) is 2.13. The highest BCUT2D eigenvalue weighted by Gasteiger charge is 1.99. The fourth-order valence-electron chi connectivity index (χ4n) is 0.999. The Kier molecular flexibility index (Phi) is 6.96. The van der Waals surface area contributed by atoms with E-state index in [0.29, 0.717) is 11.8 Å². The van der Waals surface area contributed by atoms with E-state index in [1.54, 1.807) is 0 Å². The van der Waals surface area contributed by atoms with Crippen LogP contribution in [0.25, 0.3) is 0 Å². The predicted octanol–water partition coefficient (Wildman–Crippen LogP) is 3.68. The van der Waals surface area contributed by atoms with Crippen LogP contribution in [0.3, 0.4) is 0 Å². The second kappa shape index (κ2) is 7.22. The molecule has 0 aromatic rings. The second-order valence-corrected chi connectivity index (χ2v) is 3.37. The Hall–Kier alpha value is -0.440. The van der Waals surface area contributed by atoms with E-state index < -0.39 is 0 Å². The van der Waals surface area contributed by atoms with Crippen LogP contribution in [-0.4, -0.2) is 0 Å². The first kappa shape index (κ1) is 11.6. The van der Waals surface area contributed by atoms with E-state index in [0.717, 1.165) is 12.8 Å². The highest BCUT2D eigenvalue weighted by atomic mass is 14.0. The van der Waals surface area contributed by atoms with Gasteiger partial charge in [0.25, 0.3) is 0 Å². The molecule has 2 atom stereocenters. The molecule has 0 nitrogen and oxygen atoms in total.